The van der Waals surface area contributed by atoms with Gasteiger partial charge in [-0.3, -0.25) is 4.79 Å². The van der Waals surface area contributed by atoms with Gasteiger partial charge in [0.05, 0.1) is 12.9 Å². The molecule has 0 aliphatic rings. The van der Waals surface area contributed by atoms with Gasteiger partial charge < -0.3 is 19.7 Å². The molecule has 5 nitrogen and oxygen atoms in total. The van der Waals surface area contributed by atoms with Gasteiger partial charge >= 0.3 is 5.97 Å². The van der Waals surface area contributed by atoms with Crippen molar-refractivity contribution >= 4 is 5.97 Å². The molecule has 0 aliphatic heterocycles. The SMILES string of the molecule is C=COC(OC(=O)CCCCCCCCCCCCCCCCCCCCCCCCCCCCC)C(O)CO. The Balaban J connectivity index is 3.23. The molecule has 0 amide bonds. The number of rotatable bonds is 33. The number of carbonyl (C=O) groups is 1. The van der Waals surface area contributed by atoms with Crippen molar-refractivity contribution in [3.8, 4) is 0 Å². The van der Waals surface area contributed by atoms with Crippen LogP contribution in [0.1, 0.15) is 187 Å². The van der Waals surface area contributed by atoms with Gasteiger partial charge in [0, 0.05) is 6.42 Å². The molecule has 0 saturated carbocycles. The quantitative estimate of drug-likeness (QED) is 0.0356. The summed E-state index contributed by atoms with van der Waals surface area (Å²) in [6.07, 6.45) is 35.7. The molecule has 238 valence electrons. The smallest absolute Gasteiger partial charge is 0.308 e. The molecule has 0 spiro atoms. The van der Waals surface area contributed by atoms with E-state index in [1.807, 2.05) is 0 Å². The number of unbranched alkanes of at least 4 members (excludes halogenated alkanes) is 26. The van der Waals surface area contributed by atoms with E-state index in [4.69, 9.17) is 14.6 Å². The number of carbonyl (C=O) groups excluding carboxylic acids is 1. The standard InChI is InChI=1S/C35H68O5/c1-3-5-6-7-8-9-10-11-12-13-14-15-16-17-18-19-20-21-22-23-24-25-26-27-28-29-30-31-34(38)40-35(39-4-2)33(37)32-36/h4,33,35-37H,2-3,5-32H2,1H3. The van der Waals surface area contributed by atoms with Crippen LogP contribution in [0.2, 0.25) is 0 Å². The van der Waals surface area contributed by atoms with Gasteiger partial charge in [0.1, 0.15) is 0 Å². The van der Waals surface area contributed by atoms with Gasteiger partial charge in [-0.15, -0.1) is 0 Å². The van der Waals surface area contributed by atoms with E-state index in [1.165, 1.54) is 154 Å². The zero-order valence-corrected chi connectivity index (χ0v) is 26.6. The lowest BCUT2D eigenvalue weighted by molar-refractivity contribution is -0.192. The number of aliphatic hydroxyl groups excluding tert-OH is 2. The maximum atomic E-state index is 11.9. The van der Waals surface area contributed by atoms with E-state index in [-0.39, 0.29) is 0 Å². The number of aliphatic hydroxyl groups is 2. The summed E-state index contributed by atoms with van der Waals surface area (Å²) in [5.74, 6) is -0.418. The molecule has 0 fully saturated rings. The van der Waals surface area contributed by atoms with Gasteiger partial charge in [-0.05, 0) is 6.42 Å². The molecule has 0 aromatic carbocycles. The van der Waals surface area contributed by atoms with Crippen LogP contribution >= 0.6 is 0 Å². The van der Waals surface area contributed by atoms with Crippen LogP contribution in [0.4, 0.5) is 0 Å². The van der Waals surface area contributed by atoms with E-state index in [9.17, 15) is 9.90 Å². The summed E-state index contributed by atoms with van der Waals surface area (Å²) in [6, 6.07) is 0. The zero-order chi connectivity index (χ0) is 29.4. The minimum absolute atomic E-state index is 0.300. The van der Waals surface area contributed by atoms with E-state index >= 15 is 0 Å². The Morgan fingerprint density at radius 3 is 1.18 bits per heavy atom. The highest BCUT2D eigenvalue weighted by Gasteiger charge is 2.23. The van der Waals surface area contributed by atoms with Crippen LogP contribution in [-0.4, -0.2) is 35.2 Å². The lowest BCUT2D eigenvalue weighted by Gasteiger charge is -2.20. The first-order valence-corrected chi connectivity index (χ1v) is 17.4. The molecule has 0 bridgehead atoms. The van der Waals surface area contributed by atoms with Gasteiger partial charge in [-0.25, -0.2) is 0 Å². The summed E-state index contributed by atoms with van der Waals surface area (Å²) >= 11 is 0. The van der Waals surface area contributed by atoms with Gasteiger partial charge in [0.15, 0.2) is 6.10 Å². The Hall–Kier alpha value is -1.07. The average molecular weight is 569 g/mol. The molecular weight excluding hydrogens is 500 g/mol. The van der Waals surface area contributed by atoms with Crippen LogP contribution in [-0.2, 0) is 14.3 Å². The summed E-state index contributed by atoms with van der Waals surface area (Å²) in [7, 11) is 0. The van der Waals surface area contributed by atoms with Crippen LogP contribution in [0.5, 0.6) is 0 Å². The van der Waals surface area contributed by atoms with Gasteiger partial charge in [0.25, 0.3) is 6.29 Å². The monoisotopic (exact) mass is 569 g/mol. The highest BCUT2D eigenvalue weighted by molar-refractivity contribution is 5.69. The van der Waals surface area contributed by atoms with Crippen molar-refractivity contribution in [1.82, 2.24) is 0 Å². The minimum Gasteiger partial charge on any atom is -0.460 e. The third-order valence-corrected chi connectivity index (χ3v) is 7.96. The molecule has 0 aromatic rings. The number of hydrogen-bond donors (Lipinski definition) is 2. The molecule has 0 aromatic heterocycles. The predicted octanol–water partition coefficient (Wildman–Crippen LogP) is 10.3. The number of ether oxygens (including phenoxy) is 2. The summed E-state index contributed by atoms with van der Waals surface area (Å²) in [5, 5.41) is 18.5. The predicted molar refractivity (Wildman–Crippen MR) is 169 cm³/mol. The number of hydrogen-bond acceptors (Lipinski definition) is 5. The molecule has 0 aliphatic carbocycles. The molecule has 0 heterocycles. The Morgan fingerprint density at radius 2 is 0.900 bits per heavy atom. The zero-order valence-electron chi connectivity index (χ0n) is 26.6. The Labute approximate surface area is 248 Å². The second-order valence-electron chi connectivity index (χ2n) is 11.9. The molecule has 2 N–H and O–H groups in total. The third-order valence-electron chi connectivity index (χ3n) is 7.96. The largest absolute Gasteiger partial charge is 0.460 e. The third kappa shape index (κ3) is 28.5. The first-order valence-electron chi connectivity index (χ1n) is 17.4. The van der Waals surface area contributed by atoms with E-state index in [2.05, 4.69) is 13.5 Å². The van der Waals surface area contributed by atoms with E-state index in [0.29, 0.717) is 6.42 Å². The Bertz CT molecular complexity index is 524. The highest BCUT2D eigenvalue weighted by atomic mass is 16.7. The van der Waals surface area contributed by atoms with E-state index in [1.54, 1.807) is 0 Å². The summed E-state index contributed by atoms with van der Waals surface area (Å²) in [6.45, 7) is 5.14. The fourth-order valence-corrected chi connectivity index (χ4v) is 5.33. The van der Waals surface area contributed by atoms with Crippen LogP contribution in [0.25, 0.3) is 0 Å². The first-order chi connectivity index (χ1) is 19.7. The normalized spacial score (nSPS) is 12.8. The fourth-order valence-electron chi connectivity index (χ4n) is 5.33. The maximum Gasteiger partial charge on any atom is 0.308 e. The van der Waals surface area contributed by atoms with Gasteiger partial charge in [0.2, 0.25) is 0 Å². The second kappa shape index (κ2) is 32.4. The topological polar surface area (TPSA) is 76.0 Å². The minimum atomic E-state index is -1.26. The summed E-state index contributed by atoms with van der Waals surface area (Å²) < 4.78 is 10.00. The molecule has 2 unspecified atom stereocenters. The van der Waals surface area contributed by atoms with Crippen LogP contribution in [0.3, 0.4) is 0 Å². The van der Waals surface area contributed by atoms with Crippen molar-refractivity contribution in [1.29, 1.82) is 0 Å². The molecule has 2 atom stereocenters. The van der Waals surface area contributed by atoms with Crippen molar-refractivity contribution in [2.45, 2.75) is 199 Å². The van der Waals surface area contributed by atoms with Crippen molar-refractivity contribution in [2.75, 3.05) is 6.61 Å². The highest BCUT2D eigenvalue weighted by Crippen LogP contribution is 2.16. The van der Waals surface area contributed by atoms with Crippen molar-refractivity contribution in [2.24, 2.45) is 0 Å². The molecule has 0 radical (unpaired) electrons. The van der Waals surface area contributed by atoms with Crippen LogP contribution in [0, 0.1) is 0 Å². The van der Waals surface area contributed by atoms with Crippen LogP contribution < -0.4 is 0 Å². The van der Waals surface area contributed by atoms with E-state index < -0.39 is 25.0 Å². The first kappa shape index (κ1) is 38.9. The lowest BCUT2D eigenvalue weighted by Crippen LogP contribution is -2.35. The molecule has 0 rings (SSSR count). The maximum absolute atomic E-state index is 11.9. The van der Waals surface area contributed by atoms with E-state index in [0.717, 1.165) is 25.5 Å². The van der Waals surface area contributed by atoms with Crippen molar-refractivity contribution in [3.05, 3.63) is 12.8 Å². The molecular formula is C35H68O5. The summed E-state index contributed by atoms with van der Waals surface area (Å²) in [5.41, 5.74) is 0. The second-order valence-corrected chi connectivity index (χ2v) is 11.9. The van der Waals surface area contributed by atoms with Crippen molar-refractivity contribution < 1.29 is 24.5 Å². The fraction of sp³-hybridized carbons (Fsp3) is 0.914. The van der Waals surface area contributed by atoms with Crippen molar-refractivity contribution in [3.63, 3.8) is 0 Å². The molecule has 5 heteroatoms. The number of esters is 1. The van der Waals surface area contributed by atoms with Gasteiger partial charge in [-0.1, -0.05) is 180 Å². The van der Waals surface area contributed by atoms with Crippen LogP contribution in [0.15, 0.2) is 12.8 Å². The van der Waals surface area contributed by atoms with Gasteiger partial charge in [-0.2, -0.15) is 0 Å². The average Bonchev–Trinajstić information content (AvgIpc) is 2.96. The molecule has 0 saturated heterocycles. The molecule has 40 heavy (non-hydrogen) atoms. The Morgan fingerprint density at radius 1 is 0.600 bits per heavy atom. The lowest BCUT2D eigenvalue weighted by atomic mass is 10.0. The summed E-state index contributed by atoms with van der Waals surface area (Å²) in [4.78, 5) is 11.9. The Kier molecular flexibility index (Phi) is 31.6.